The second kappa shape index (κ2) is 8.73. The molecule has 3 heterocycles. The van der Waals surface area contributed by atoms with Crippen LogP contribution in [0.4, 0.5) is 0 Å². The van der Waals surface area contributed by atoms with Crippen molar-refractivity contribution in [2.24, 2.45) is 0 Å². The van der Waals surface area contributed by atoms with Gasteiger partial charge in [-0.25, -0.2) is 0 Å². The van der Waals surface area contributed by atoms with E-state index in [1.807, 2.05) is 24.3 Å². The van der Waals surface area contributed by atoms with Crippen LogP contribution < -0.4 is 14.8 Å². The minimum atomic E-state index is 0.0159. The summed E-state index contributed by atoms with van der Waals surface area (Å²) in [5.74, 6) is 1.51. The standard InChI is InChI=1S/C20H24N2O4S/c23-20(21-10-15-5-6-18-19(9-15)26-14-25-18)13-22(11-16-3-1-7-24-16)12-17-4-2-8-27-17/h2,4-6,8-9,16H,1,3,7,10-14H2,(H,21,23). The smallest absolute Gasteiger partial charge is 0.234 e. The van der Waals surface area contributed by atoms with E-state index in [2.05, 4.69) is 21.7 Å². The third kappa shape index (κ3) is 5.00. The maximum Gasteiger partial charge on any atom is 0.234 e. The van der Waals surface area contributed by atoms with Gasteiger partial charge in [0.15, 0.2) is 11.5 Å². The Morgan fingerprint density at radius 2 is 2.19 bits per heavy atom. The molecule has 2 aliphatic heterocycles. The summed E-state index contributed by atoms with van der Waals surface area (Å²) in [7, 11) is 0. The molecule has 4 rings (SSSR count). The Morgan fingerprint density at radius 1 is 1.26 bits per heavy atom. The molecule has 1 aromatic heterocycles. The minimum Gasteiger partial charge on any atom is -0.454 e. The Kier molecular flexibility index (Phi) is 5.91. The van der Waals surface area contributed by atoms with E-state index < -0.39 is 0 Å². The highest BCUT2D eigenvalue weighted by molar-refractivity contribution is 7.09. The van der Waals surface area contributed by atoms with E-state index in [1.54, 1.807) is 11.3 Å². The molecule has 2 aliphatic rings. The first-order valence-corrected chi connectivity index (χ1v) is 10.2. The van der Waals surface area contributed by atoms with E-state index in [4.69, 9.17) is 14.2 Å². The number of rotatable bonds is 8. The Bertz CT molecular complexity index is 759. The van der Waals surface area contributed by atoms with E-state index >= 15 is 0 Å². The van der Waals surface area contributed by atoms with Crippen molar-refractivity contribution in [3.05, 3.63) is 46.2 Å². The molecule has 0 spiro atoms. The van der Waals surface area contributed by atoms with Crippen molar-refractivity contribution < 1.29 is 19.0 Å². The maximum atomic E-state index is 12.5. The lowest BCUT2D eigenvalue weighted by Gasteiger charge is -2.24. The highest BCUT2D eigenvalue weighted by Crippen LogP contribution is 2.32. The fraction of sp³-hybridized carbons (Fsp3) is 0.450. The molecule has 0 saturated carbocycles. The first-order chi connectivity index (χ1) is 13.3. The van der Waals surface area contributed by atoms with Gasteiger partial charge in [0.2, 0.25) is 12.7 Å². The Hall–Kier alpha value is -2.09. The van der Waals surface area contributed by atoms with Crippen LogP contribution in [0.1, 0.15) is 23.3 Å². The Balaban J connectivity index is 1.31. The maximum absolute atomic E-state index is 12.5. The van der Waals surface area contributed by atoms with Gasteiger partial charge in [-0.05, 0) is 42.0 Å². The zero-order chi connectivity index (χ0) is 18.5. The number of benzene rings is 1. The third-order valence-corrected chi connectivity index (χ3v) is 5.60. The van der Waals surface area contributed by atoms with Crippen LogP contribution in [-0.2, 0) is 22.6 Å². The molecule has 1 unspecified atom stereocenters. The summed E-state index contributed by atoms with van der Waals surface area (Å²) in [5, 5.41) is 5.08. The predicted molar refractivity (Wildman–Crippen MR) is 103 cm³/mol. The average molecular weight is 388 g/mol. The first-order valence-electron chi connectivity index (χ1n) is 9.28. The monoisotopic (exact) mass is 388 g/mol. The van der Waals surface area contributed by atoms with E-state index in [9.17, 15) is 4.79 Å². The molecule has 2 aromatic rings. The summed E-state index contributed by atoms with van der Waals surface area (Å²) in [6.45, 7) is 3.48. The SMILES string of the molecule is O=C(CN(Cc1cccs1)CC1CCCO1)NCc1ccc2c(c1)OCO2. The van der Waals surface area contributed by atoms with Crippen LogP contribution in [0.5, 0.6) is 11.5 Å². The molecule has 0 bridgehead atoms. The van der Waals surface area contributed by atoms with Gasteiger partial charge in [0.25, 0.3) is 0 Å². The van der Waals surface area contributed by atoms with Gasteiger partial charge in [-0.3, -0.25) is 9.69 Å². The quantitative estimate of drug-likeness (QED) is 0.754. The zero-order valence-electron chi connectivity index (χ0n) is 15.2. The number of nitrogens with one attached hydrogen (secondary N) is 1. The molecule has 1 saturated heterocycles. The van der Waals surface area contributed by atoms with Crippen LogP contribution in [-0.4, -0.2) is 43.4 Å². The predicted octanol–water partition coefficient (Wildman–Crippen LogP) is 2.77. The lowest BCUT2D eigenvalue weighted by atomic mass is 10.2. The van der Waals surface area contributed by atoms with Crippen LogP contribution in [0.15, 0.2) is 35.7 Å². The Morgan fingerprint density at radius 3 is 3.00 bits per heavy atom. The van der Waals surface area contributed by atoms with Crippen LogP contribution >= 0.6 is 11.3 Å². The van der Waals surface area contributed by atoms with Crippen LogP contribution in [0.3, 0.4) is 0 Å². The largest absolute Gasteiger partial charge is 0.454 e. The topological polar surface area (TPSA) is 60.0 Å². The van der Waals surface area contributed by atoms with Gasteiger partial charge in [0.05, 0.1) is 12.6 Å². The van der Waals surface area contributed by atoms with Crippen LogP contribution in [0.25, 0.3) is 0 Å². The van der Waals surface area contributed by atoms with Crippen molar-refractivity contribution in [3.63, 3.8) is 0 Å². The van der Waals surface area contributed by atoms with Gasteiger partial charge in [-0.15, -0.1) is 11.3 Å². The lowest BCUT2D eigenvalue weighted by molar-refractivity contribution is -0.122. The molecular formula is C20H24N2O4S. The lowest BCUT2D eigenvalue weighted by Crippen LogP contribution is -2.40. The number of thiophene rings is 1. The van der Waals surface area contributed by atoms with Crippen molar-refractivity contribution >= 4 is 17.2 Å². The minimum absolute atomic E-state index is 0.0159. The van der Waals surface area contributed by atoms with E-state index in [-0.39, 0.29) is 18.8 Å². The van der Waals surface area contributed by atoms with Gasteiger partial charge < -0.3 is 19.5 Å². The van der Waals surface area contributed by atoms with Crippen LogP contribution in [0.2, 0.25) is 0 Å². The molecule has 1 fully saturated rings. The number of carbonyl (C=O) groups excluding carboxylic acids is 1. The molecule has 1 atom stereocenters. The van der Waals surface area contributed by atoms with Crippen molar-refractivity contribution in [1.29, 1.82) is 0 Å². The summed E-state index contributed by atoms with van der Waals surface area (Å²) in [4.78, 5) is 16.0. The first kappa shape index (κ1) is 18.3. The molecule has 0 aliphatic carbocycles. The van der Waals surface area contributed by atoms with Crippen LogP contribution in [0, 0.1) is 0 Å². The summed E-state index contributed by atoms with van der Waals surface area (Å²) in [5.41, 5.74) is 0.997. The molecule has 7 heteroatoms. The Labute approximate surface area is 163 Å². The fourth-order valence-corrected chi connectivity index (χ4v) is 4.14. The molecule has 1 aromatic carbocycles. The van der Waals surface area contributed by atoms with Crippen molar-refractivity contribution in [2.75, 3.05) is 26.5 Å². The summed E-state index contributed by atoms with van der Waals surface area (Å²) < 4.78 is 16.5. The summed E-state index contributed by atoms with van der Waals surface area (Å²) in [6, 6.07) is 9.90. The number of hydrogen-bond acceptors (Lipinski definition) is 6. The van der Waals surface area contributed by atoms with E-state index in [0.29, 0.717) is 13.1 Å². The zero-order valence-corrected chi connectivity index (χ0v) is 16.0. The van der Waals surface area contributed by atoms with Gasteiger partial charge in [0.1, 0.15) is 0 Å². The summed E-state index contributed by atoms with van der Waals surface area (Å²) in [6.07, 6.45) is 2.40. The second-order valence-corrected chi connectivity index (χ2v) is 7.88. The van der Waals surface area contributed by atoms with E-state index in [1.165, 1.54) is 4.88 Å². The normalized spacial score (nSPS) is 18.2. The fourth-order valence-electron chi connectivity index (χ4n) is 3.39. The molecule has 27 heavy (non-hydrogen) atoms. The molecule has 144 valence electrons. The molecular weight excluding hydrogens is 364 g/mol. The number of ether oxygens (including phenoxy) is 3. The number of amides is 1. The highest BCUT2D eigenvalue weighted by atomic mass is 32.1. The molecule has 1 amide bonds. The third-order valence-electron chi connectivity index (χ3n) is 4.74. The van der Waals surface area contributed by atoms with Crippen molar-refractivity contribution in [1.82, 2.24) is 10.2 Å². The summed E-state index contributed by atoms with van der Waals surface area (Å²) >= 11 is 1.72. The van der Waals surface area contributed by atoms with Gasteiger partial charge >= 0.3 is 0 Å². The van der Waals surface area contributed by atoms with Gasteiger partial charge in [-0.2, -0.15) is 0 Å². The van der Waals surface area contributed by atoms with E-state index in [0.717, 1.165) is 49.6 Å². The molecule has 6 nitrogen and oxygen atoms in total. The molecule has 1 N–H and O–H groups in total. The number of carbonyl (C=O) groups is 1. The average Bonchev–Trinajstić information content (AvgIpc) is 3.42. The molecule has 0 radical (unpaired) electrons. The number of fused-ring (bicyclic) bond motifs is 1. The van der Waals surface area contributed by atoms with Crippen molar-refractivity contribution in [3.8, 4) is 11.5 Å². The highest BCUT2D eigenvalue weighted by Gasteiger charge is 2.21. The van der Waals surface area contributed by atoms with Gasteiger partial charge in [0, 0.05) is 31.1 Å². The number of nitrogens with zero attached hydrogens (tertiary/aromatic N) is 1. The van der Waals surface area contributed by atoms with Crippen molar-refractivity contribution in [2.45, 2.75) is 32.0 Å². The second-order valence-electron chi connectivity index (χ2n) is 6.85. The number of hydrogen-bond donors (Lipinski definition) is 1. The van der Waals surface area contributed by atoms with Gasteiger partial charge in [-0.1, -0.05) is 12.1 Å².